The van der Waals surface area contributed by atoms with Crippen molar-refractivity contribution < 1.29 is 4.79 Å². The van der Waals surface area contributed by atoms with Crippen LogP contribution in [0.25, 0.3) is 0 Å². The molecule has 0 aromatic carbocycles. The Morgan fingerprint density at radius 1 is 1.82 bits per heavy atom. The minimum Gasteiger partial charge on any atom is -0.341 e. The minimum absolute atomic E-state index is 0.0874. The predicted octanol–water partition coefficient (Wildman–Crippen LogP) is 1.35. The molecule has 1 saturated heterocycles. The summed E-state index contributed by atoms with van der Waals surface area (Å²) in [6, 6.07) is 0. The Morgan fingerprint density at radius 2 is 2.55 bits per heavy atom. The van der Waals surface area contributed by atoms with Crippen LogP contribution in [0.1, 0.15) is 6.42 Å². The number of carbonyl (C=O) groups is 1. The van der Waals surface area contributed by atoms with Crippen molar-refractivity contribution in [1.29, 1.82) is 0 Å². The van der Waals surface area contributed by atoms with Crippen molar-refractivity contribution in [3.8, 4) is 0 Å². The molecule has 1 fully saturated rings. The van der Waals surface area contributed by atoms with E-state index in [1.807, 2.05) is 4.90 Å². The smallest absolute Gasteiger partial charge is 0.236 e. The molecule has 1 heterocycles. The van der Waals surface area contributed by atoms with Crippen molar-refractivity contribution in [3.63, 3.8) is 0 Å². The van der Waals surface area contributed by atoms with Gasteiger partial charge in [0.05, 0.1) is 4.83 Å². The Balaban J connectivity index is 2.30. The van der Waals surface area contributed by atoms with E-state index in [1.165, 1.54) is 0 Å². The summed E-state index contributed by atoms with van der Waals surface area (Å²) in [5, 5.41) is 0. The van der Waals surface area contributed by atoms with Gasteiger partial charge in [0.25, 0.3) is 0 Å². The van der Waals surface area contributed by atoms with Crippen LogP contribution < -0.4 is 0 Å². The van der Waals surface area contributed by atoms with Crippen LogP contribution in [0.3, 0.4) is 0 Å². The standard InChI is InChI=1S/C7H12BrNOS/c1-11-5-4-9-3-2-6(8)7(9)10/h6H,2-5H2,1H3. The summed E-state index contributed by atoms with van der Waals surface area (Å²) < 4.78 is 0. The number of halogens is 1. The number of amides is 1. The number of alkyl halides is 1. The SMILES string of the molecule is CSCCN1CCC(Br)C1=O. The number of carbonyl (C=O) groups excluding carboxylic acids is 1. The second-order valence-corrected chi connectivity index (χ2v) is 4.67. The molecule has 1 amide bonds. The first kappa shape index (κ1) is 9.39. The first-order chi connectivity index (χ1) is 5.25. The predicted molar refractivity (Wildman–Crippen MR) is 52.3 cm³/mol. The lowest BCUT2D eigenvalue weighted by Gasteiger charge is -2.14. The third kappa shape index (κ3) is 2.37. The highest BCUT2D eigenvalue weighted by atomic mass is 79.9. The Morgan fingerprint density at radius 3 is 3.00 bits per heavy atom. The second-order valence-electron chi connectivity index (χ2n) is 2.57. The maximum Gasteiger partial charge on any atom is 0.236 e. The first-order valence-corrected chi connectivity index (χ1v) is 5.98. The summed E-state index contributed by atoms with van der Waals surface area (Å²) in [7, 11) is 0. The van der Waals surface area contributed by atoms with Gasteiger partial charge in [-0.25, -0.2) is 0 Å². The molecule has 0 bridgehead atoms. The molecule has 1 aliphatic heterocycles. The van der Waals surface area contributed by atoms with E-state index in [0.717, 1.165) is 25.3 Å². The lowest BCUT2D eigenvalue weighted by Crippen LogP contribution is -2.29. The summed E-state index contributed by atoms with van der Waals surface area (Å²) in [4.78, 5) is 13.3. The van der Waals surface area contributed by atoms with E-state index in [-0.39, 0.29) is 10.7 Å². The van der Waals surface area contributed by atoms with Gasteiger partial charge in [-0.05, 0) is 12.7 Å². The van der Waals surface area contributed by atoms with Crippen molar-refractivity contribution in [1.82, 2.24) is 4.90 Å². The van der Waals surface area contributed by atoms with Crippen LogP contribution in [0.4, 0.5) is 0 Å². The Labute approximate surface area is 79.8 Å². The molecule has 0 aromatic heterocycles. The zero-order valence-corrected chi connectivity index (χ0v) is 8.95. The zero-order chi connectivity index (χ0) is 8.27. The molecular weight excluding hydrogens is 226 g/mol. The van der Waals surface area contributed by atoms with Gasteiger partial charge in [-0.1, -0.05) is 15.9 Å². The fraction of sp³-hybridized carbons (Fsp3) is 0.857. The molecule has 2 nitrogen and oxygen atoms in total. The quantitative estimate of drug-likeness (QED) is 0.691. The van der Waals surface area contributed by atoms with Crippen molar-refractivity contribution in [2.45, 2.75) is 11.2 Å². The summed E-state index contributed by atoms with van der Waals surface area (Å²) >= 11 is 5.12. The third-order valence-corrected chi connectivity index (χ3v) is 3.24. The van der Waals surface area contributed by atoms with Crippen LogP contribution in [0.2, 0.25) is 0 Å². The van der Waals surface area contributed by atoms with Crippen molar-refractivity contribution in [2.24, 2.45) is 0 Å². The van der Waals surface area contributed by atoms with E-state index >= 15 is 0 Å². The van der Waals surface area contributed by atoms with Gasteiger partial charge in [0.15, 0.2) is 0 Å². The van der Waals surface area contributed by atoms with Gasteiger partial charge >= 0.3 is 0 Å². The minimum atomic E-state index is 0.0874. The van der Waals surface area contributed by atoms with Crippen LogP contribution in [0.15, 0.2) is 0 Å². The largest absolute Gasteiger partial charge is 0.341 e. The van der Waals surface area contributed by atoms with Crippen LogP contribution in [-0.2, 0) is 4.79 Å². The normalized spacial score (nSPS) is 24.7. The van der Waals surface area contributed by atoms with Crippen molar-refractivity contribution in [2.75, 3.05) is 25.1 Å². The highest BCUT2D eigenvalue weighted by molar-refractivity contribution is 9.10. The molecule has 0 aliphatic carbocycles. The van der Waals surface area contributed by atoms with Crippen LogP contribution in [0, 0.1) is 0 Å². The first-order valence-electron chi connectivity index (χ1n) is 3.67. The topological polar surface area (TPSA) is 20.3 Å². The molecule has 1 aliphatic rings. The number of rotatable bonds is 3. The van der Waals surface area contributed by atoms with E-state index < -0.39 is 0 Å². The molecule has 1 rings (SSSR count). The molecule has 0 saturated carbocycles. The summed E-state index contributed by atoms with van der Waals surface area (Å²) in [6.07, 6.45) is 3.03. The summed E-state index contributed by atoms with van der Waals surface area (Å²) in [5.74, 6) is 1.31. The monoisotopic (exact) mass is 237 g/mol. The fourth-order valence-electron chi connectivity index (χ4n) is 1.12. The van der Waals surface area contributed by atoms with Crippen molar-refractivity contribution in [3.05, 3.63) is 0 Å². The van der Waals surface area contributed by atoms with Gasteiger partial charge in [-0.2, -0.15) is 11.8 Å². The second kappa shape index (κ2) is 4.36. The number of likely N-dealkylation sites (tertiary alicyclic amines) is 1. The number of hydrogen-bond acceptors (Lipinski definition) is 2. The van der Waals surface area contributed by atoms with Gasteiger partial charge in [-0.3, -0.25) is 4.79 Å². The molecule has 1 unspecified atom stereocenters. The van der Waals surface area contributed by atoms with Gasteiger partial charge in [-0.15, -0.1) is 0 Å². The van der Waals surface area contributed by atoms with E-state index in [4.69, 9.17) is 0 Å². The van der Waals surface area contributed by atoms with Gasteiger partial charge in [0.1, 0.15) is 0 Å². The number of thioether (sulfide) groups is 1. The van der Waals surface area contributed by atoms with E-state index in [1.54, 1.807) is 11.8 Å². The molecule has 0 aromatic rings. The lowest BCUT2D eigenvalue weighted by molar-refractivity contribution is -0.126. The Bertz CT molecular complexity index is 153. The molecule has 0 radical (unpaired) electrons. The van der Waals surface area contributed by atoms with Crippen molar-refractivity contribution >= 4 is 33.6 Å². The van der Waals surface area contributed by atoms with Crippen LogP contribution in [-0.4, -0.2) is 40.7 Å². The average Bonchev–Trinajstić information content (AvgIpc) is 2.31. The van der Waals surface area contributed by atoms with E-state index in [0.29, 0.717) is 0 Å². The molecule has 11 heavy (non-hydrogen) atoms. The highest BCUT2D eigenvalue weighted by Gasteiger charge is 2.28. The maximum absolute atomic E-state index is 11.3. The highest BCUT2D eigenvalue weighted by Crippen LogP contribution is 2.18. The van der Waals surface area contributed by atoms with Gasteiger partial charge < -0.3 is 4.90 Å². The zero-order valence-electron chi connectivity index (χ0n) is 6.55. The third-order valence-electron chi connectivity index (χ3n) is 1.80. The molecule has 1 atom stereocenters. The fourth-order valence-corrected chi connectivity index (χ4v) is 2.02. The number of hydrogen-bond donors (Lipinski definition) is 0. The molecule has 64 valence electrons. The van der Waals surface area contributed by atoms with Crippen LogP contribution in [0.5, 0.6) is 0 Å². The molecule has 0 N–H and O–H groups in total. The Hall–Kier alpha value is 0.300. The van der Waals surface area contributed by atoms with Crippen LogP contribution >= 0.6 is 27.7 Å². The molecule has 0 spiro atoms. The average molecular weight is 238 g/mol. The number of nitrogens with zero attached hydrogens (tertiary/aromatic N) is 1. The summed E-state index contributed by atoms with van der Waals surface area (Å²) in [6.45, 7) is 1.83. The van der Waals surface area contributed by atoms with Gasteiger partial charge in [0.2, 0.25) is 5.91 Å². The Kier molecular flexibility index (Phi) is 3.72. The summed E-state index contributed by atoms with van der Waals surface area (Å²) in [5.41, 5.74) is 0. The molecular formula is C7H12BrNOS. The van der Waals surface area contributed by atoms with E-state index in [9.17, 15) is 4.79 Å². The van der Waals surface area contributed by atoms with E-state index in [2.05, 4.69) is 22.2 Å². The lowest BCUT2D eigenvalue weighted by atomic mass is 10.4. The van der Waals surface area contributed by atoms with Gasteiger partial charge in [0, 0.05) is 18.8 Å². The molecule has 4 heteroatoms. The maximum atomic E-state index is 11.3.